The van der Waals surface area contributed by atoms with Gasteiger partial charge in [0.1, 0.15) is 30.4 Å². The fourth-order valence-corrected chi connectivity index (χ4v) is 8.00. The Balaban J connectivity index is 1.70. The van der Waals surface area contributed by atoms with Gasteiger partial charge in [0.2, 0.25) is 11.8 Å². The maximum Gasteiger partial charge on any atom is 0.398 e. The molecule has 20 heteroatoms. The highest BCUT2D eigenvalue weighted by Gasteiger charge is 2.52. The van der Waals surface area contributed by atoms with Gasteiger partial charge in [-0.2, -0.15) is 8.42 Å². The van der Waals surface area contributed by atoms with Gasteiger partial charge in [-0.15, -0.1) is 11.6 Å². The minimum absolute atomic E-state index is 0.0427. The molecule has 1 aromatic carbocycles. The number of aliphatic hydroxyl groups is 3. The second-order valence-corrected chi connectivity index (χ2v) is 16.0. The van der Waals surface area contributed by atoms with Crippen molar-refractivity contribution in [3.63, 3.8) is 0 Å². The van der Waals surface area contributed by atoms with Crippen molar-refractivity contribution in [2.24, 2.45) is 28.3 Å². The molecule has 0 spiro atoms. The molecule has 2 heterocycles. The van der Waals surface area contributed by atoms with Crippen molar-refractivity contribution in [1.29, 1.82) is 0 Å². The van der Waals surface area contributed by atoms with Crippen molar-refractivity contribution in [1.82, 2.24) is 15.5 Å². The van der Waals surface area contributed by atoms with E-state index in [0.717, 1.165) is 0 Å². The second kappa shape index (κ2) is 19.6. The summed E-state index contributed by atoms with van der Waals surface area (Å²) in [5.74, 6) is -3.08. The number of unbranched alkanes of at least 4 members (excludes halogenated alkanes) is 1. The van der Waals surface area contributed by atoms with Crippen LogP contribution in [0.3, 0.4) is 0 Å². The second-order valence-electron chi connectivity index (χ2n) is 14.3. The Labute approximate surface area is 319 Å². The van der Waals surface area contributed by atoms with Gasteiger partial charge in [0, 0.05) is 30.9 Å². The molecule has 2 aliphatic heterocycles. The van der Waals surface area contributed by atoms with Crippen LogP contribution < -0.4 is 22.1 Å². The highest BCUT2D eigenvalue weighted by Crippen LogP contribution is 2.42. The molecule has 0 unspecified atom stereocenters. The Morgan fingerprint density at radius 2 is 1.78 bits per heavy atom. The summed E-state index contributed by atoms with van der Waals surface area (Å²) in [6.45, 7) is 3.53. The minimum atomic E-state index is -5.18. The maximum absolute atomic E-state index is 15.1. The molecule has 304 valence electrons. The third-order valence-electron chi connectivity index (χ3n) is 9.94. The van der Waals surface area contributed by atoms with Crippen molar-refractivity contribution in [3.8, 4) is 0 Å². The average molecular weight is 805 g/mol. The molecular weight excluding hydrogens is 752 g/mol. The number of alkyl halides is 1. The third kappa shape index (κ3) is 11.9. The number of carbonyl (C=O) groups is 3. The zero-order chi connectivity index (χ0) is 39.7. The van der Waals surface area contributed by atoms with Crippen molar-refractivity contribution >= 4 is 45.7 Å². The summed E-state index contributed by atoms with van der Waals surface area (Å²) in [5, 5.41) is 36.3. The largest absolute Gasteiger partial charge is 0.398 e. The topological polar surface area (TPSA) is 286 Å². The number of nitrogens with zero attached hydrogens (tertiary/aromatic N) is 2. The van der Waals surface area contributed by atoms with Crippen LogP contribution in [0.5, 0.6) is 0 Å². The Morgan fingerprint density at radius 1 is 1.07 bits per heavy atom. The van der Waals surface area contributed by atoms with E-state index in [2.05, 4.69) is 15.6 Å². The quantitative estimate of drug-likeness (QED) is 0.0306. The number of ether oxygens (including phenoxy) is 2. The van der Waals surface area contributed by atoms with Crippen LogP contribution in [0.1, 0.15) is 57.9 Å². The standard InChI is InChI=1S/C34H53ClN6O12S/c1-18(2)29(52-33-28(44)27(43)24(42)17-51-33)26(40-31(46)25(53-54(48,49)50)14-19-8-4-3-5-9-19)32(47)41-22-16-21(35)11-10-20(22)15-23(41)30(45)38-12-6-7-13-39-34(36)37/h3-5,8-9,18,20-29,33,42-44H,6-7,10-17H2,1-2H3,(H,38,45)(H,40,46)(H4,36,37,39)(H,48,49,50)/t20-,21-,22-,23+,24-,25+,26+,27+,28-,29-,33+/m1/s1. The molecule has 11 atom stereocenters. The first-order chi connectivity index (χ1) is 25.5. The fraction of sp³-hybridized carbons (Fsp3) is 0.706. The van der Waals surface area contributed by atoms with Crippen molar-refractivity contribution in [2.75, 3.05) is 19.7 Å². The lowest BCUT2D eigenvalue weighted by Gasteiger charge is -2.42. The number of likely N-dealkylation sites (tertiary alicyclic amines) is 1. The molecule has 3 amide bonds. The van der Waals surface area contributed by atoms with E-state index in [1.54, 1.807) is 44.2 Å². The monoisotopic (exact) mass is 804 g/mol. The summed E-state index contributed by atoms with van der Waals surface area (Å²) >= 11 is 6.62. The van der Waals surface area contributed by atoms with Crippen LogP contribution in [0, 0.1) is 11.8 Å². The third-order valence-corrected chi connectivity index (χ3v) is 10.8. The van der Waals surface area contributed by atoms with Gasteiger partial charge < -0.3 is 51.8 Å². The molecule has 0 aromatic heterocycles. The molecule has 54 heavy (non-hydrogen) atoms. The molecule has 18 nitrogen and oxygen atoms in total. The summed E-state index contributed by atoms with van der Waals surface area (Å²) in [6, 6.07) is 5.07. The highest BCUT2D eigenvalue weighted by atomic mass is 35.5. The Morgan fingerprint density at radius 3 is 2.43 bits per heavy atom. The average Bonchev–Trinajstić information content (AvgIpc) is 3.48. The molecule has 0 radical (unpaired) electrons. The van der Waals surface area contributed by atoms with E-state index >= 15 is 4.79 Å². The fourth-order valence-electron chi connectivity index (χ4n) is 7.24. The Hall–Kier alpha value is -3.14. The van der Waals surface area contributed by atoms with Gasteiger partial charge in [-0.05, 0) is 55.9 Å². The van der Waals surface area contributed by atoms with Crippen LogP contribution in [-0.2, 0) is 44.9 Å². The number of nitrogens with two attached hydrogens (primary N) is 2. The molecule has 1 aromatic rings. The van der Waals surface area contributed by atoms with E-state index in [1.807, 2.05) is 0 Å². The van der Waals surface area contributed by atoms with Gasteiger partial charge in [0.05, 0.1) is 12.7 Å². The summed E-state index contributed by atoms with van der Waals surface area (Å²) < 4.78 is 49.9. The number of halogens is 1. The molecule has 3 fully saturated rings. The predicted molar refractivity (Wildman–Crippen MR) is 195 cm³/mol. The minimum Gasteiger partial charge on any atom is -0.388 e. The number of carbonyl (C=O) groups excluding carboxylic acids is 3. The number of benzene rings is 1. The number of rotatable bonds is 17. The van der Waals surface area contributed by atoms with E-state index in [-0.39, 0.29) is 30.2 Å². The van der Waals surface area contributed by atoms with Crippen LogP contribution in [-0.4, -0.2) is 137 Å². The maximum atomic E-state index is 15.1. The van der Waals surface area contributed by atoms with Crippen molar-refractivity contribution in [2.45, 2.75) is 119 Å². The smallest absolute Gasteiger partial charge is 0.388 e. The summed E-state index contributed by atoms with van der Waals surface area (Å²) in [6.07, 6.45) is -6.83. The molecule has 4 rings (SSSR count). The van der Waals surface area contributed by atoms with E-state index in [9.17, 15) is 37.9 Å². The first-order valence-corrected chi connectivity index (χ1v) is 19.9. The summed E-state index contributed by atoms with van der Waals surface area (Å²) in [4.78, 5) is 48.3. The first kappa shape index (κ1) is 43.6. The molecule has 2 saturated heterocycles. The van der Waals surface area contributed by atoms with Gasteiger partial charge in [-0.25, -0.2) is 4.18 Å². The summed E-state index contributed by atoms with van der Waals surface area (Å²) in [7, 11) is -5.18. The lowest BCUT2D eigenvalue weighted by atomic mass is 9.84. The molecule has 10 N–H and O–H groups in total. The van der Waals surface area contributed by atoms with Gasteiger partial charge >= 0.3 is 10.4 Å². The Bertz CT molecular complexity index is 1550. The number of hydrogen-bond acceptors (Lipinski definition) is 12. The van der Waals surface area contributed by atoms with Gasteiger partial charge in [-0.1, -0.05) is 44.2 Å². The van der Waals surface area contributed by atoms with Crippen molar-refractivity contribution < 1.29 is 56.3 Å². The SMILES string of the molecule is CC(C)[C@@H](O[C@@H]1OC[C@@H](O)[C@H](O)[C@H]1O)[C@H](NC(=O)[C@H](Cc1ccccc1)OS(=O)(=O)O)C(=O)N1[C@@H]2C[C@H](Cl)CC[C@@H]2C[C@H]1C(=O)NCCCCN=C(N)N. The number of guanidine groups is 1. The number of fused-ring (bicyclic) bond motifs is 1. The highest BCUT2D eigenvalue weighted by molar-refractivity contribution is 7.80. The lowest BCUT2D eigenvalue weighted by molar-refractivity contribution is -0.288. The van der Waals surface area contributed by atoms with Gasteiger partial charge in [-0.3, -0.25) is 23.9 Å². The zero-order valence-corrected chi connectivity index (χ0v) is 31.8. The molecular formula is C34H53ClN6O12S. The number of nitrogens with one attached hydrogen (secondary N) is 2. The Kier molecular flexibility index (Phi) is 15.8. The van der Waals surface area contributed by atoms with E-state index in [1.165, 1.54) is 4.90 Å². The zero-order valence-electron chi connectivity index (χ0n) is 30.3. The van der Waals surface area contributed by atoms with Gasteiger partial charge in [0.15, 0.2) is 18.4 Å². The first-order valence-electron chi connectivity index (χ1n) is 18.1. The molecule has 1 aliphatic carbocycles. The van der Waals surface area contributed by atoms with Gasteiger partial charge in [0.25, 0.3) is 5.91 Å². The van der Waals surface area contributed by atoms with Crippen LogP contribution >= 0.6 is 11.6 Å². The lowest BCUT2D eigenvalue weighted by Crippen LogP contribution is -2.64. The number of aliphatic imine (C=N–C) groups is 1. The van der Waals surface area contributed by atoms with Crippen molar-refractivity contribution in [3.05, 3.63) is 35.9 Å². The number of hydrogen-bond donors (Lipinski definition) is 8. The number of aliphatic hydroxyl groups excluding tert-OH is 3. The van der Waals surface area contributed by atoms with Crippen LogP contribution in [0.4, 0.5) is 0 Å². The summed E-state index contributed by atoms with van der Waals surface area (Å²) in [5.41, 5.74) is 11.2. The molecule has 1 saturated carbocycles. The van der Waals surface area contributed by atoms with E-state index in [4.69, 9.17) is 36.7 Å². The van der Waals surface area contributed by atoms with Crippen LogP contribution in [0.15, 0.2) is 35.3 Å². The van der Waals surface area contributed by atoms with E-state index < -0.39 is 95.6 Å². The normalized spacial score (nSPS) is 28.8. The van der Waals surface area contributed by atoms with Crippen LogP contribution in [0.2, 0.25) is 0 Å². The number of amides is 3. The molecule has 3 aliphatic rings. The van der Waals surface area contributed by atoms with Crippen LogP contribution in [0.25, 0.3) is 0 Å². The molecule has 0 bridgehead atoms. The predicted octanol–water partition coefficient (Wildman–Crippen LogP) is -1.07. The van der Waals surface area contributed by atoms with E-state index in [0.29, 0.717) is 50.6 Å².